The van der Waals surface area contributed by atoms with Gasteiger partial charge in [0.1, 0.15) is 0 Å². The third kappa shape index (κ3) is 2.73. The SMILES string of the molecule is CCc1ccsc1CNCc1sccc1C. The average Bonchev–Trinajstić information content (AvgIpc) is 2.88. The Morgan fingerprint density at radius 2 is 1.75 bits per heavy atom. The minimum Gasteiger partial charge on any atom is -0.307 e. The molecule has 2 aromatic heterocycles. The van der Waals surface area contributed by atoms with Crippen molar-refractivity contribution in [2.45, 2.75) is 33.4 Å². The van der Waals surface area contributed by atoms with E-state index in [1.54, 1.807) is 0 Å². The molecule has 0 saturated carbocycles. The van der Waals surface area contributed by atoms with Gasteiger partial charge in [-0.3, -0.25) is 0 Å². The zero-order valence-corrected chi connectivity index (χ0v) is 11.4. The maximum atomic E-state index is 3.53. The summed E-state index contributed by atoms with van der Waals surface area (Å²) >= 11 is 3.69. The molecule has 0 fully saturated rings. The number of hydrogen-bond acceptors (Lipinski definition) is 3. The molecule has 2 heterocycles. The van der Waals surface area contributed by atoms with Gasteiger partial charge in [-0.2, -0.15) is 0 Å². The van der Waals surface area contributed by atoms with E-state index in [4.69, 9.17) is 0 Å². The molecule has 0 spiro atoms. The first-order valence-corrected chi connectivity index (χ1v) is 7.36. The second-order valence-electron chi connectivity index (χ2n) is 3.85. The molecule has 1 nitrogen and oxygen atoms in total. The Morgan fingerprint density at radius 1 is 1.06 bits per heavy atom. The highest BCUT2D eigenvalue weighted by Crippen LogP contribution is 2.18. The van der Waals surface area contributed by atoms with Crippen LogP contribution in [0.25, 0.3) is 0 Å². The van der Waals surface area contributed by atoms with Crippen LogP contribution < -0.4 is 5.32 Å². The quantitative estimate of drug-likeness (QED) is 0.848. The predicted octanol–water partition coefficient (Wildman–Crippen LogP) is 3.97. The van der Waals surface area contributed by atoms with Crippen LogP contribution in [0.15, 0.2) is 22.9 Å². The van der Waals surface area contributed by atoms with Gasteiger partial charge in [-0.05, 0) is 47.4 Å². The van der Waals surface area contributed by atoms with E-state index in [2.05, 4.69) is 42.1 Å². The predicted molar refractivity (Wildman–Crippen MR) is 73.3 cm³/mol. The lowest BCUT2D eigenvalue weighted by Crippen LogP contribution is -2.12. The number of aryl methyl sites for hydroxylation is 2. The zero-order valence-electron chi connectivity index (χ0n) is 9.75. The molecular weight excluding hydrogens is 234 g/mol. The van der Waals surface area contributed by atoms with Crippen molar-refractivity contribution in [3.8, 4) is 0 Å². The summed E-state index contributed by atoms with van der Waals surface area (Å²) in [7, 11) is 0. The van der Waals surface area contributed by atoms with E-state index in [9.17, 15) is 0 Å². The van der Waals surface area contributed by atoms with E-state index in [1.165, 1.54) is 20.9 Å². The van der Waals surface area contributed by atoms with Gasteiger partial charge in [0, 0.05) is 22.8 Å². The molecule has 0 aromatic carbocycles. The average molecular weight is 251 g/mol. The van der Waals surface area contributed by atoms with Gasteiger partial charge in [0.15, 0.2) is 0 Å². The molecule has 2 rings (SSSR count). The fraction of sp³-hybridized carbons (Fsp3) is 0.385. The largest absolute Gasteiger partial charge is 0.307 e. The first-order chi connectivity index (χ1) is 7.81. The smallest absolute Gasteiger partial charge is 0.0305 e. The molecule has 3 heteroatoms. The summed E-state index contributed by atoms with van der Waals surface area (Å²) in [4.78, 5) is 2.94. The van der Waals surface area contributed by atoms with E-state index in [1.807, 2.05) is 22.7 Å². The summed E-state index contributed by atoms with van der Waals surface area (Å²) in [6.07, 6.45) is 1.14. The standard InChI is InChI=1S/C13H17NS2/c1-3-11-5-7-16-13(11)9-14-8-12-10(2)4-6-15-12/h4-7,14H,3,8-9H2,1-2H3. The van der Waals surface area contributed by atoms with Crippen LogP contribution >= 0.6 is 22.7 Å². The maximum absolute atomic E-state index is 3.53. The molecule has 0 aliphatic heterocycles. The molecule has 2 aromatic rings. The Labute approximate surface area is 105 Å². The molecule has 0 aliphatic rings. The topological polar surface area (TPSA) is 12.0 Å². The molecule has 0 radical (unpaired) electrons. The fourth-order valence-electron chi connectivity index (χ4n) is 1.71. The van der Waals surface area contributed by atoms with Crippen molar-refractivity contribution in [3.63, 3.8) is 0 Å². The van der Waals surface area contributed by atoms with Crippen LogP contribution in [0.4, 0.5) is 0 Å². The van der Waals surface area contributed by atoms with Crippen molar-refractivity contribution in [2.24, 2.45) is 0 Å². The van der Waals surface area contributed by atoms with Crippen molar-refractivity contribution in [3.05, 3.63) is 43.8 Å². The van der Waals surface area contributed by atoms with Gasteiger partial charge in [-0.25, -0.2) is 0 Å². The third-order valence-corrected chi connectivity index (χ3v) is 4.74. The van der Waals surface area contributed by atoms with Crippen LogP contribution in [0.2, 0.25) is 0 Å². The molecule has 0 unspecified atom stereocenters. The molecule has 1 N–H and O–H groups in total. The molecular formula is C13H17NS2. The monoisotopic (exact) mass is 251 g/mol. The van der Waals surface area contributed by atoms with Crippen molar-refractivity contribution in [1.82, 2.24) is 5.32 Å². The molecule has 86 valence electrons. The summed E-state index contributed by atoms with van der Waals surface area (Å²) in [5, 5.41) is 7.87. The fourth-order valence-corrected chi connectivity index (χ4v) is 3.53. The molecule has 16 heavy (non-hydrogen) atoms. The van der Waals surface area contributed by atoms with Gasteiger partial charge in [-0.1, -0.05) is 6.92 Å². The lowest BCUT2D eigenvalue weighted by molar-refractivity contribution is 0.702. The first-order valence-electron chi connectivity index (χ1n) is 5.60. The summed E-state index contributed by atoms with van der Waals surface area (Å²) in [6, 6.07) is 4.42. The number of rotatable bonds is 5. The van der Waals surface area contributed by atoms with E-state index < -0.39 is 0 Å². The Bertz CT molecular complexity index is 442. The molecule has 0 amide bonds. The first kappa shape index (κ1) is 11.8. The Kier molecular flexibility index (Phi) is 4.16. The Morgan fingerprint density at radius 3 is 2.44 bits per heavy atom. The minimum absolute atomic E-state index is 0.991. The van der Waals surface area contributed by atoms with Crippen LogP contribution in [-0.4, -0.2) is 0 Å². The van der Waals surface area contributed by atoms with Gasteiger partial charge in [0.25, 0.3) is 0 Å². The highest BCUT2D eigenvalue weighted by Gasteiger charge is 2.03. The van der Waals surface area contributed by atoms with Crippen molar-refractivity contribution in [2.75, 3.05) is 0 Å². The maximum Gasteiger partial charge on any atom is 0.0305 e. The third-order valence-electron chi connectivity index (χ3n) is 2.76. The zero-order chi connectivity index (χ0) is 11.4. The van der Waals surface area contributed by atoms with Crippen LogP contribution in [0.5, 0.6) is 0 Å². The summed E-state index contributed by atoms with van der Waals surface area (Å²) in [5.41, 5.74) is 2.89. The van der Waals surface area contributed by atoms with Crippen LogP contribution in [0, 0.1) is 6.92 Å². The summed E-state index contributed by atoms with van der Waals surface area (Å²) in [6.45, 7) is 6.38. The van der Waals surface area contributed by atoms with E-state index in [-0.39, 0.29) is 0 Å². The van der Waals surface area contributed by atoms with Crippen LogP contribution in [0.1, 0.15) is 27.8 Å². The van der Waals surface area contributed by atoms with E-state index in [0.717, 1.165) is 19.5 Å². The van der Waals surface area contributed by atoms with Crippen molar-refractivity contribution >= 4 is 22.7 Å². The van der Waals surface area contributed by atoms with Crippen molar-refractivity contribution < 1.29 is 0 Å². The molecule has 0 aliphatic carbocycles. The molecule has 0 saturated heterocycles. The lowest BCUT2D eigenvalue weighted by atomic mass is 10.2. The molecule has 0 bridgehead atoms. The molecule has 0 atom stereocenters. The number of thiophene rings is 2. The van der Waals surface area contributed by atoms with Gasteiger partial charge in [-0.15, -0.1) is 22.7 Å². The van der Waals surface area contributed by atoms with Crippen LogP contribution in [-0.2, 0) is 19.5 Å². The van der Waals surface area contributed by atoms with Crippen LogP contribution in [0.3, 0.4) is 0 Å². The number of nitrogens with one attached hydrogen (secondary N) is 1. The number of hydrogen-bond donors (Lipinski definition) is 1. The van der Waals surface area contributed by atoms with Gasteiger partial charge < -0.3 is 5.32 Å². The highest BCUT2D eigenvalue weighted by atomic mass is 32.1. The van der Waals surface area contributed by atoms with Gasteiger partial charge in [0.05, 0.1) is 0 Å². The second kappa shape index (κ2) is 5.62. The summed E-state index contributed by atoms with van der Waals surface area (Å²) in [5.74, 6) is 0. The Balaban J connectivity index is 1.87. The van der Waals surface area contributed by atoms with Crippen molar-refractivity contribution in [1.29, 1.82) is 0 Å². The second-order valence-corrected chi connectivity index (χ2v) is 5.85. The van der Waals surface area contributed by atoms with E-state index in [0.29, 0.717) is 0 Å². The minimum atomic E-state index is 0.991. The van der Waals surface area contributed by atoms with E-state index >= 15 is 0 Å². The highest BCUT2D eigenvalue weighted by molar-refractivity contribution is 7.10. The summed E-state index contributed by atoms with van der Waals surface area (Å²) < 4.78 is 0. The Hall–Kier alpha value is -0.640. The van der Waals surface area contributed by atoms with Gasteiger partial charge >= 0.3 is 0 Å². The van der Waals surface area contributed by atoms with Gasteiger partial charge in [0.2, 0.25) is 0 Å². The lowest BCUT2D eigenvalue weighted by Gasteiger charge is -2.04. The normalized spacial score (nSPS) is 10.9.